The smallest absolute Gasteiger partial charge is 0.408 e. The van der Waals surface area contributed by atoms with Gasteiger partial charge in [-0.05, 0) is 148 Å². The first kappa shape index (κ1) is 32.8. The number of alkyl carbamates (subject to hydrolysis) is 1. The number of amides is 1. The molecule has 0 saturated heterocycles. The number of aliphatic carboxylic acids is 1. The molecule has 0 aliphatic heterocycles. The van der Waals surface area contributed by atoms with E-state index in [0.717, 1.165) is 19.8 Å². The summed E-state index contributed by atoms with van der Waals surface area (Å²) >= 11 is 8.63. The summed E-state index contributed by atoms with van der Waals surface area (Å²) in [6.45, 7) is 5.74. The number of ether oxygens (including phenoxy) is 3. The Balaban J connectivity index is 2.17. The molecule has 0 bridgehead atoms. The number of carboxylic acids is 1. The van der Waals surface area contributed by atoms with Crippen molar-refractivity contribution in [2.24, 2.45) is 0 Å². The van der Waals surface area contributed by atoms with E-state index in [1.165, 1.54) is 0 Å². The Hall–Kier alpha value is -0.380. The molecule has 37 heavy (non-hydrogen) atoms. The molecule has 2 aromatic carbocycles. The van der Waals surface area contributed by atoms with E-state index in [2.05, 4.69) is 101 Å². The zero-order chi connectivity index (χ0) is 27.9. The molecule has 2 rings (SSSR count). The number of hydrogen-bond donors (Lipinski definition) is 4. The van der Waals surface area contributed by atoms with Crippen molar-refractivity contribution < 1.29 is 34.0 Å². The number of nitrogens with one attached hydrogen (secondary N) is 2. The van der Waals surface area contributed by atoms with Crippen LogP contribution in [0.2, 0.25) is 0 Å². The van der Waals surface area contributed by atoms with E-state index in [9.17, 15) is 19.8 Å². The molecule has 0 fully saturated rings. The molecule has 0 aliphatic carbocycles. The summed E-state index contributed by atoms with van der Waals surface area (Å²) in [6.07, 6.45) is -1.31. The van der Waals surface area contributed by atoms with Crippen molar-refractivity contribution in [3.05, 3.63) is 44.1 Å². The van der Waals surface area contributed by atoms with Crippen LogP contribution in [0, 0.1) is 14.3 Å². The van der Waals surface area contributed by atoms with Crippen LogP contribution in [0.3, 0.4) is 0 Å². The molecule has 0 heterocycles. The van der Waals surface area contributed by atoms with Gasteiger partial charge in [0.05, 0.1) is 14.3 Å². The molecule has 0 spiro atoms. The van der Waals surface area contributed by atoms with Gasteiger partial charge in [-0.15, -0.1) is 0 Å². The van der Waals surface area contributed by atoms with Crippen LogP contribution in [0.25, 0.3) is 0 Å². The van der Waals surface area contributed by atoms with Gasteiger partial charge in [0.15, 0.2) is 5.75 Å². The van der Waals surface area contributed by atoms with E-state index in [0.29, 0.717) is 23.8 Å². The molecule has 4 N–H and O–H groups in total. The fourth-order valence-electron chi connectivity index (χ4n) is 3.04. The Morgan fingerprint density at radius 2 is 1.51 bits per heavy atom. The average molecular weight is 964 g/mol. The van der Waals surface area contributed by atoms with E-state index in [4.69, 9.17) is 14.2 Å². The summed E-state index contributed by atoms with van der Waals surface area (Å²) < 4.78 is 20.5. The molecule has 9 nitrogen and oxygen atoms in total. The molecule has 0 saturated carbocycles. The van der Waals surface area contributed by atoms with Gasteiger partial charge >= 0.3 is 12.1 Å². The Kier molecular flexibility index (Phi) is 13.2. The molecule has 0 aliphatic rings. The Morgan fingerprint density at radius 3 is 2.00 bits per heavy atom. The highest BCUT2D eigenvalue weighted by molar-refractivity contribution is 14.1. The second-order valence-electron chi connectivity index (χ2n) is 8.97. The number of carboxylic acid groups (broad SMARTS) is 1. The van der Waals surface area contributed by atoms with Crippen LogP contribution in [0.15, 0.2) is 24.3 Å². The second kappa shape index (κ2) is 14.8. The lowest BCUT2D eigenvalue weighted by molar-refractivity contribution is -0.139. The number of likely N-dealkylation sites (N-methyl/N-ethyl adjacent to an activating group) is 1. The van der Waals surface area contributed by atoms with E-state index in [1.54, 1.807) is 27.8 Å². The van der Waals surface area contributed by atoms with E-state index in [-0.39, 0.29) is 13.0 Å². The molecule has 2 atom stereocenters. The molecule has 204 valence electrons. The zero-order valence-electron chi connectivity index (χ0n) is 20.5. The Bertz CT molecular complexity index is 1080. The molecule has 13 heteroatoms. The van der Waals surface area contributed by atoms with Gasteiger partial charge < -0.3 is 35.1 Å². The number of benzene rings is 2. The molecule has 2 aromatic rings. The molecule has 0 aromatic heterocycles. The molecule has 2 unspecified atom stereocenters. The standard InChI is InChI=1S/C24H28I4N2O7/c1-24(2,3)37-23(34)30-19(22(32)33)7-12-5-15(25)21(16(26)6-12)36-14-8-17(27)20(18(28)9-14)35-11-13(31)10-29-4/h5-6,8-9,13,19,29,31H,7,10-11H2,1-4H3,(H,30,34)(H,32,33). The van der Waals surface area contributed by atoms with Crippen LogP contribution < -0.4 is 20.1 Å². The van der Waals surface area contributed by atoms with Crippen LogP contribution in [0.4, 0.5) is 4.79 Å². The van der Waals surface area contributed by atoms with Gasteiger partial charge in [0.2, 0.25) is 0 Å². The molecular formula is C24H28I4N2O7. The van der Waals surface area contributed by atoms with Crippen molar-refractivity contribution in [3.63, 3.8) is 0 Å². The number of hydrogen-bond acceptors (Lipinski definition) is 7. The third-order valence-electron chi connectivity index (χ3n) is 4.54. The predicted octanol–water partition coefficient (Wildman–Crippen LogP) is 5.38. The lowest BCUT2D eigenvalue weighted by Gasteiger charge is -2.22. The summed E-state index contributed by atoms with van der Waals surface area (Å²) in [5, 5.41) is 24.9. The number of rotatable bonds is 11. The van der Waals surface area contributed by atoms with Gasteiger partial charge in [0.1, 0.15) is 35.9 Å². The van der Waals surface area contributed by atoms with Crippen LogP contribution in [0.5, 0.6) is 17.2 Å². The largest absolute Gasteiger partial charge is 0.489 e. The van der Waals surface area contributed by atoms with E-state index >= 15 is 0 Å². The summed E-state index contributed by atoms with van der Waals surface area (Å²) in [6, 6.07) is 6.24. The maximum absolute atomic E-state index is 12.1. The van der Waals surface area contributed by atoms with Crippen molar-refractivity contribution in [2.75, 3.05) is 20.2 Å². The van der Waals surface area contributed by atoms with Crippen molar-refractivity contribution in [1.82, 2.24) is 10.6 Å². The van der Waals surface area contributed by atoms with Crippen molar-refractivity contribution in [2.45, 2.75) is 44.9 Å². The summed E-state index contributed by atoms with van der Waals surface area (Å²) in [7, 11) is 1.77. The van der Waals surface area contributed by atoms with Crippen LogP contribution in [-0.2, 0) is 16.0 Å². The first-order valence-electron chi connectivity index (χ1n) is 11.0. The zero-order valence-corrected chi connectivity index (χ0v) is 29.2. The van der Waals surface area contributed by atoms with Gasteiger partial charge in [0.25, 0.3) is 0 Å². The number of carbonyl (C=O) groups is 2. The van der Waals surface area contributed by atoms with Gasteiger partial charge in [-0.25, -0.2) is 9.59 Å². The first-order chi connectivity index (χ1) is 17.2. The lowest BCUT2D eigenvalue weighted by atomic mass is 10.1. The number of aliphatic hydroxyl groups excluding tert-OH is 1. The van der Waals surface area contributed by atoms with E-state index in [1.807, 2.05) is 24.3 Å². The minimum atomic E-state index is -1.15. The highest BCUT2D eigenvalue weighted by Gasteiger charge is 2.25. The molecule has 1 amide bonds. The maximum Gasteiger partial charge on any atom is 0.408 e. The minimum Gasteiger partial charge on any atom is -0.489 e. The van der Waals surface area contributed by atoms with Gasteiger partial charge in [-0.3, -0.25) is 0 Å². The average Bonchev–Trinajstić information content (AvgIpc) is 2.74. The fraction of sp³-hybridized carbons (Fsp3) is 0.417. The summed E-state index contributed by atoms with van der Waals surface area (Å²) in [4.78, 5) is 23.9. The molecule has 0 radical (unpaired) electrons. The van der Waals surface area contributed by atoms with Crippen molar-refractivity contribution >= 4 is 102 Å². The monoisotopic (exact) mass is 964 g/mol. The third kappa shape index (κ3) is 11.0. The Morgan fingerprint density at radius 1 is 0.973 bits per heavy atom. The van der Waals surface area contributed by atoms with Gasteiger partial charge in [0, 0.05) is 13.0 Å². The SMILES string of the molecule is CNCC(O)COc1c(I)cc(Oc2c(I)cc(CC(NC(=O)OC(C)(C)C)C(=O)O)cc2I)cc1I. The highest BCUT2D eigenvalue weighted by Crippen LogP contribution is 2.37. The third-order valence-corrected chi connectivity index (χ3v) is 7.74. The van der Waals surface area contributed by atoms with Crippen LogP contribution in [0.1, 0.15) is 26.3 Å². The minimum absolute atomic E-state index is 0.0854. The molecular weight excluding hydrogens is 936 g/mol. The first-order valence-corrected chi connectivity index (χ1v) is 15.3. The Labute approximate surface area is 270 Å². The number of halogens is 4. The number of carbonyl (C=O) groups excluding carboxylic acids is 1. The predicted molar refractivity (Wildman–Crippen MR) is 174 cm³/mol. The van der Waals surface area contributed by atoms with Crippen LogP contribution in [-0.4, -0.2) is 60.2 Å². The second-order valence-corrected chi connectivity index (χ2v) is 13.6. The summed E-state index contributed by atoms with van der Waals surface area (Å²) in [5.74, 6) is 0.791. The normalized spacial score (nSPS) is 13.0. The topological polar surface area (TPSA) is 126 Å². The fourth-order valence-corrected chi connectivity index (χ4v) is 7.18. The van der Waals surface area contributed by atoms with E-state index < -0.39 is 29.8 Å². The quantitative estimate of drug-likeness (QED) is 0.222. The highest BCUT2D eigenvalue weighted by atomic mass is 127. The van der Waals surface area contributed by atoms with Crippen LogP contribution >= 0.6 is 90.4 Å². The van der Waals surface area contributed by atoms with Crippen molar-refractivity contribution in [3.8, 4) is 17.2 Å². The van der Waals surface area contributed by atoms with Gasteiger partial charge in [-0.1, -0.05) is 0 Å². The van der Waals surface area contributed by atoms with Gasteiger partial charge in [-0.2, -0.15) is 0 Å². The summed E-state index contributed by atoms with van der Waals surface area (Å²) in [5.41, 5.74) is 0.00241. The number of aliphatic hydroxyl groups is 1. The maximum atomic E-state index is 12.1. The van der Waals surface area contributed by atoms with Crippen molar-refractivity contribution in [1.29, 1.82) is 0 Å². The lowest BCUT2D eigenvalue weighted by Crippen LogP contribution is -2.44.